The Labute approximate surface area is 464 Å². The summed E-state index contributed by atoms with van der Waals surface area (Å²) in [5, 5.41) is 24.0. The van der Waals surface area contributed by atoms with Gasteiger partial charge in [-0.25, -0.2) is 27.7 Å². The van der Waals surface area contributed by atoms with E-state index in [-0.39, 0.29) is 80.2 Å². The number of hydrogen-bond donors (Lipinski definition) is 10. The molecule has 0 bridgehead atoms. The van der Waals surface area contributed by atoms with Gasteiger partial charge in [-0.2, -0.15) is 20.2 Å². The summed E-state index contributed by atoms with van der Waals surface area (Å²) in [6, 6.07) is 5.22. The number of imidazole rings is 1. The molecule has 80 heavy (non-hydrogen) atoms. The Morgan fingerprint density at radius 3 is 2.40 bits per heavy atom. The van der Waals surface area contributed by atoms with Crippen molar-refractivity contribution >= 4 is 69.2 Å². The minimum Gasteiger partial charge on any atom is -0.445 e. The van der Waals surface area contributed by atoms with Gasteiger partial charge in [-0.05, 0) is 79.5 Å². The molecule has 1 aromatic heterocycles. The second-order valence-corrected chi connectivity index (χ2v) is 22.6. The largest absolute Gasteiger partial charge is 0.445 e. The van der Waals surface area contributed by atoms with Crippen LogP contribution in [0.5, 0.6) is 0 Å². The van der Waals surface area contributed by atoms with Crippen LogP contribution in [0.2, 0.25) is 0 Å². The lowest BCUT2D eigenvalue weighted by atomic mass is 9.89. The Hall–Kier alpha value is -6.79. The van der Waals surface area contributed by atoms with Gasteiger partial charge in [-0.15, -0.1) is 0 Å². The number of ether oxygens (including phenoxy) is 2. The summed E-state index contributed by atoms with van der Waals surface area (Å²) >= 11 is 1.24. The maximum Gasteiger partial charge on any atom is 0.407 e. The molecule has 0 saturated carbocycles. The van der Waals surface area contributed by atoms with Gasteiger partial charge in [-0.3, -0.25) is 28.5 Å². The molecule has 29 heteroatoms. The molecule has 2 fully saturated rings. The van der Waals surface area contributed by atoms with Gasteiger partial charge in [0.25, 0.3) is 10.1 Å². The van der Waals surface area contributed by atoms with Crippen LogP contribution in [0, 0.1) is 29.4 Å². The lowest BCUT2D eigenvalue weighted by Gasteiger charge is -2.39. The first-order valence-electron chi connectivity index (χ1n) is 25.9. The minimum absolute atomic E-state index is 0.0246. The number of thioether (sulfide) groups is 1. The molecule has 0 radical (unpaired) electrons. The number of H-pyrrole nitrogens is 1. The molecular formula is C51H68F3N11O13S2. The van der Waals surface area contributed by atoms with Gasteiger partial charge < -0.3 is 67.0 Å². The van der Waals surface area contributed by atoms with Gasteiger partial charge in [0, 0.05) is 87.9 Å². The number of aromatic amines is 1. The third-order valence-corrected chi connectivity index (χ3v) is 15.7. The highest BCUT2D eigenvalue weighted by Gasteiger charge is 2.40. The van der Waals surface area contributed by atoms with Gasteiger partial charge >= 0.3 is 12.1 Å². The zero-order valence-corrected chi connectivity index (χ0v) is 45.7. The number of aliphatic hydroxyl groups is 1. The number of carbonyl (C=O) groups is 7. The fraction of sp³-hybridized carbons (Fsp3) is 0.529. The molecule has 3 aliphatic heterocycles. The van der Waals surface area contributed by atoms with Crippen molar-refractivity contribution in [3.8, 4) is 11.3 Å². The number of alkyl carbamates (subject to hydrolysis) is 1. The molecule has 7 unspecified atom stereocenters. The molecular weight excluding hydrogens is 1100 g/mol. The number of carbonyl (C=O) groups excluding carboxylic acids is 7. The van der Waals surface area contributed by atoms with E-state index < -0.39 is 118 Å². The number of nitrogens with zero attached hydrogens (tertiary/aromatic N) is 3. The van der Waals surface area contributed by atoms with Gasteiger partial charge in [0.1, 0.15) is 53.8 Å². The average molecular weight is 1160 g/mol. The summed E-state index contributed by atoms with van der Waals surface area (Å²) in [4.78, 5) is 101. The van der Waals surface area contributed by atoms with Crippen LogP contribution in [0.1, 0.15) is 63.4 Å². The van der Waals surface area contributed by atoms with Crippen LogP contribution in [0.25, 0.3) is 11.3 Å². The second kappa shape index (κ2) is 29.6. The highest BCUT2D eigenvalue weighted by Crippen LogP contribution is 2.37. The molecule has 3 aliphatic rings. The number of urea groups is 1. The topological polar surface area (TPSA) is 346 Å². The van der Waals surface area contributed by atoms with Crippen molar-refractivity contribution in [3.05, 3.63) is 83.8 Å². The molecule has 6 rings (SSSR count). The number of nitrogens with one attached hydrogen (secondary N) is 7. The van der Waals surface area contributed by atoms with E-state index >= 15 is 4.39 Å². The van der Waals surface area contributed by atoms with Crippen molar-refractivity contribution in [2.75, 3.05) is 69.3 Å². The van der Waals surface area contributed by atoms with Crippen molar-refractivity contribution in [1.29, 1.82) is 0 Å². The lowest BCUT2D eigenvalue weighted by molar-refractivity contribution is -0.134. The third-order valence-electron chi connectivity index (χ3n) is 13.6. The van der Waals surface area contributed by atoms with E-state index in [0.717, 1.165) is 35.3 Å². The van der Waals surface area contributed by atoms with Crippen LogP contribution < -0.4 is 37.6 Å². The fourth-order valence-electron chi connectivity index (χ4n) is 9.27. The van der Waals surface area contributed by atoms with Crippen LogP contribution in [-0.4, -0.2) is 173 Å². The second-order valence-electron chi connectivity index (χ2n) is 19.8. The number of halogens is 3. The molecule has 4 heterocycles. The summed E-state index contributed by atoms with van der Waals surface area (Å²) in [5.41, 5.74) is 6.18. The van der Waals surface area contributed by atoms with Crippen LogP contribution in [0.3, 0.4) is 0 Å². The Balaban J connectivity index is 0.996. The molecule has 0 aliphatic carbocycles. The first-order valence-corrected chi connectivity index (χ1v) is 28.6. The summed E-state index contributed by atoms with van der Waals surface area (Å²) in [5.74, 6) is -5.51. The van der Waals surface area contributed by atoms with Gasteiger partial charge in [-0.1, -0.05) is 26.0 Å². The molecule has 2 aromatic carbocycles. The SMILES string of the molecule is CC(C)C(NC(=O)CC(CN1C(=O)C=CC1O)S(=O)(=O)O)C(=O)NC(CCCNC(N)=O)C(=O)Nc1ccc(COC(=O)NCCSCC(=O)N(CC2CNCC2F)C(c2ncc(-c3cc(F)ccc3F)[nH]2)C2CCOCC2)cc1. The summed E-state index contributed by atoms with van der Waals surface area (Å²) < 4.78 is 89.3. The number of rotatable bonds is 28. The Morgan fingerprint density at radius 1 is 1.01 bits per heavy atom. The quantitative estimate of drug-likeness (QED) is 0.0368. The predicted octanol–water partition coefficient (Wildman–Crippen LogP) is 2.24. The van der Waals surface area contributed by atoms with E-state index in [1.807, 2.05) is 0 Å². The number of aromatic nitrogens is 2. The van der Waals surface area contributed by atoms with E-state index in [9.17, 15) is 60.4 Å². The number of benzene rings is 2. The summed E-state index contributed by atoms with van der Waals surface area (Å²) in [6.45, 7) is 3.83. The number of nitrogens with two attached hydrogens (primary N) is 1. The Kier molecular flexibility index (Phi) is 23.1. The molecule has 2 saturated heterocycles. The van der Waals surface area contributed by atoms with Crippen molar-refractivity contribution in [2.24, 2.45) is 23.5 Å². The lowest BCUT2D eigenvalue weighted by Crippen LogP contribution is -2.55. The maximum absolute atomic E-state index is 15.1. The van der Waals surface area contributed by atoms with Crippen molar-refractivity contribution < 1.29 is 74.3 Å². The number of aliphatic hydroxyl groups excluding tert-OH is 1. The summed E-state index contributed by atoms with van der Waals surface area (Å²) in [6.07, 6.45) is 0.445. The van der Waals surface area contributed by atoms with Crippen molar-refractivity contribution in [3.63, 3.8) is 0 Å². The highest BCUT2D eigenvalue weighted by atomic mass is 32.2. The fourth-order valence-corrected chi connectivity index (χ4v) is 10.7. The molecule has 11 N–H and O–H groups in total. The number of amides is 8. The number of hydrogen-bond acceptors (Lipinski definition) is 15. The van der Waals surface area contributed by atoms with E-state index in [2.05, 4.69) is 41.9 Å². The first kappa shape index (κ1) is 62.4. The van der Waals surface area contributed by atoms with Crippen LogP contribution >= 0.6 is 11.8 Å². The van der Waals surface area contributed by atoms with Crippen LogP contribution in [0.4, 0.5) is 28.4 Å². The Morgan fingerprint density at radius 2 is 1.75 bits per heavy atom. The van der Waals surface area contributed by atoms with E-state index in [0.29, 0.717) is 49.7 Å². The highest BCUT2D eigenvalue weighted by molar-refractivity contribution is 7.99. The maximum atomic E-state index is 15.1. The monoisotopic (exact) mass is 1160 g/mol. The smallest absolute Gasteiger partial charge is 0.407 e. The van der Waals surface area contributed by atoms with Gasteiger partial charge in [0.15, 0.2) is 0 Å². The first-order chi connectivity index (χ1) is 38.1. The van der Waals surface area contributed by atoms with Crippen LogP contribution in [-0.2, 0) is 50.2 Å². The normalized spacial score (nSPS) is 19.0. The van der Waals surface area contributed by atoms with Crippen molar-refractivity contribution in [1.82, 2.24) is 46.4 Å². The van der Waals surface area contributed by atoms with Gasteiger partial charge in [0.05, 0.1) is 23.7 Å². The predicted molar refractivity (Wildman–Crippen MR) is 286 cm³/mol. The van der Waals surface area contributed by atoms with Crippen LogP contribution in [0.15, 0.2) is 60.8 Å². The minimum atomic E-state index is -4.93. The van der Waals surface area contributed by atoms with E-state index in [1.54, 1.807) is 30.9 Å². The van der Waals surface area contributed by atoms with Crippen molar-refractivity contribution in [2.45, 2.75) is 88.3 Å². The zero-order valence-electron chi connectivity index (χ0n) is 44.0. The third kappa shape index (κ3) is 18.4. The standard InChI is InChI=1S/C51H68F3N11O13S2/c1-29(2)45(63-41(66)21-35(80(74,75)76)26-64-42(67)11-12-43(64)68)49(71)62-39(4-3-15-57-50(55)72)48(70)60-34-8-5-30(6-9-34)27-78-51(73)58-16-19-79-28-44(69)65(25-32-22-56-23-38(32)54)46(31-13-17-77-18-14-31)47-59-24-40(61-47)36-20-33(52)7-10-37(36)53/h5-12,20,24,29,31-32,35,38-39,42,45-46,56,67H,3-4,13-19,21-23,25-28H2,1-2H3,(H,58,73)(H,59,61)(H,60,70)(H,62,71)(H,63,66)(H3,55,57,72)(H,74,75,76). The number of alkyl halides is 1. The summed E-state index contributed by atoms with van der Waals surface area (Å²) in [7, 11) is -4.93. The molecule has 24 nitrogen and oxygen atoms in total. The molecule has 7 atom stereocenters. The Bertz CT molecular complexity index is 2790. The average Bonchev–Trinajstić information content (AvgIpc) is 4.21. The molecule has 8 amide bonds. The van der Waals surface area contributed by atoms with E-state index in [4.69, 9.17) is 15.2 Å². The molecule has 0 spiro atoms. The van der Waals surface area contributed by atoms with Gasteiger partial charge in [0.2, 0.25) is 29.5 Å². The zero-order chi connectivity index (χ0) is 58.1. The molecule has 438 valence electrons. The number of anilines is 1. The molecule has 3 aromatic rings. The number of primary amides is 1. The van der Waals surface area contributed by atoms with E-state index in [1.165, 1.54) is 30.1 Å².